The Bertz CT molecular complexity index is 952. The standard InChI is InChI=1S/C17H13Cl2N3O4S/c1-25-16(23)13-14(12-10(18)5-2-6-11(12)19)22-26-15(13)21-17(24)20-8-9-4-3-7-27-9/h2-7H,8H2,1H3,(H2,20,21,24). The normalized spacial score (nSPS) is 10.5. The summed E-state index contributed by atoms with van der Waals surface area (Å²) in [5.41, 5.74) is 0.293. The fourth-order valence-electron chi connectivity index (χ4n) is 2.29. The number of thiophene rings is 1. The van der Waals surface area contributed by atoms with Crippen LogP contribution in [0.2, 0.25) is 10.0 Å². The molecule has 2 heterocycles. The Hall–Kier alpha value is -2.55. The van der Waals surface area contributed by atoms with Gasteiger partial charge in [-0.05, 0) is 23.6 Å². The number of amides is 2. The van der Waals surface area contributed by atoms with Crippen LogP contribution in [-0.4, -0.2) is 24.3 Å². The van der Waals surface area contributed by atoms with Gasteiger partial charge in [-0.25, -0.2) is 9.59 Å². The number of esters is 1. The molecule has 0 atom stereocenters. The molecule has 0 saturated carbocycles. The van der Waals surface area contributed by atoms with Gasteiger partial charge in [0.1, 0.15) is 5.69 Å². The van der Waals surface area contributed by atoms with Crippen molar-refractivity contribution in [1.82, 2.24) is 10.5 Å². The van der Waals surface area contributed by atoms with Gasteiger partial charge in [0.05, 0.1) is 23.7 Å². The van der Waals surface area contributed by atoms with Gasteiger partial charge in [-0.2, -0.15) is 0 Å². The van der Waals surface area contributed by atoms with Crippen LogP contribution in [0.25, 0.3) is 11.3 Å². The number of aromatic nitrogens is 1. The SMILES string of the molecule is COC(=O)c1c(-c2c(Cl)cccc2Cl)noc1NC(=O)NCc1cccs1. The lowest BCUT2D eigenvalue weighted by Crippen LogP contribution is -2.28. The topological polar surface area (TPSA) is 93.5 Å². The zero-order chi connectivity index (χ0) is 19.4. The van der Waals surface area contributed by atoms with Crippen LogP contribution >= 0.6 is 34.5 Å². The zero-order valence-electron chi connectivity index (χ0n) is 13.9. The Kier molecular flexibility index (Phi) is 6.00. The predicted octanol–water partition coefficient (Wildman–Crippen LogP) is 4.82. The molecule has 0 radical (unpaired) electrons. The quantitative estimate of drug-likeness (QED) is 0.571. The van der Waals surface area contributed by atoms with Crippen molar-refractivity contribution in [3.63, 3.8) is 0 Å². The first-order chi connectivity index (χ1) is 13.0. The van der Waals surface area contributed by atoms with Crippen molar-refractivity contribution in [1.29, 1.82) is 0 Å². The molecule has 0 saturated heterocycles. The summed E-state index contributed by atoms with van der Waals surface area (Å²) in [6, 6.07) is 8.05. The monoisotopic (exact) mass is 425 g/mol. The average molecular weight is 426 g/mol. The van der Waals surface area contributed by atoms with Gasteiger partial charge in [0, 0.05) is 10.4 Å². The van der Waals surface area contributed by atoms with E-state index >= 15 is 0 Å². The minimum atomic E-state index is -0.754. The molecule has 7 nitrogen and oxygen atoms in total. The van der Waals surface area contributed by atoms with E-state index in [1.54, 1.807) is 18.2 Å². The van der Waals surface area contributed by atoms with Crippen LogP contribution in [0.4, 0.5) is 10.7 Å². The summed E-state index contributed by atoms with van der Waals surface area (Å²) in [5, 5.41) is 11.4. The van der Waals surface area contributed by atoms with Crippen molar-refractivity contribution >= 4 is 52.4 Å². The van der Waals surface area contributed by atoms with E-state index in [0.717, 1.165) is 4.88 Å². The first-order valence-corrected chi connectivity index (χ1v) is 9.24. The maximum atomic E-state index is 12.3. The number of anilines is 1. The average Bonchev–Trinajstić information content (AvgIpc) is 3.29. The number of urea groups is 1. The molecule has 2 amide bonds. The molecule has 140 valence electrons. The first kappa shape index (κ1) is 19.2. The smallest absolute Gasteiger partial charge is 0.345 e. The van der Waals surface area contributed by atoms with Gasteiger partial charge in [0.2, 0.25) is 5.88 Å². The summed E-state index contributed by atoms with van der Waals surface area (Å²) in [6.07, 6.45) is 0. The summed E-state index contributed by atoms with van der Waals surface area (Å²) in [4.78, 5) is 25.4. The van der Waals surface area contributed by atoms with E-state index in [9.17, 15) is 9.59 Å². The van der Waals surface area contributed by atoms with Crippen LogP contribution in [0.5, 0.6) is 0 Å². The molecule has 0 bridgehead atoms. The van der Waals surface area contributed by atoms with E-state index in [1.165, 1.54) is 18.4 Å². The van der Waals surface area contributed by atoms with Crippen molar-refractivity contribution in [2.75, 3.05) is 12.4 Å². The number of carbonyl (C=O) groups is 2. The minimum Gasteiger partial charge on any atom is -0.465 e. The van der Waals surface area contributed by atoms with Crippen LogP contribution < -0.4 is 10.6 Å². The second-order valence-electron chi connectivity index (χ2n) is 5.21. The molecule has 3 rings (SSSR count). The Morgan fingerprint density at radius 2 is 1.96 bits per heavy atom. The fourth-order valence-corrected chi connectivity index (χ4v) is 3.51. The second kappa shape index (κ2) is 8.43. The molecule has 2 aromatic heterocycles. The number of nitrogens with zero attached hydrogens (tertiary/aromatic N) is 1. The van der Waals surface area contributed by atoms with Gasteiger partial charge < -0.3 is 14.6 Å². The first-order valence-electron chi connectivity index (χ1n) is 7.61. The number of hydrogen-bond acceptors (Lipinski definition) is 6. The van der Waals surface area contributed by atoms with Crippen LogP contribution in [-0.2, 0) is 11.3 Å². The number of rotatable bonds is 5. The summed E-state index contributed by atoms with van der Waals surface area (Å²) in [6.45, 7) is 0.328. The van der Waals surface area contributed by atoms with Crippen molar-refractivity contribution in [3.05, 3.63) is 56.2 Å². The lowest BCUT2D eigenvalue weighted by atomic mass is 10.1. The van der Waals surface area contributed by atoms with E-state index in [4.69, 9.17) is 32.5 Å². The Morgan fingerprint density at radius 3 is 2.59 bits per heavy atom. The highest BCUT2D eigenvalue weighted by Crippen LogP contribution is 2.38. The molecule has 0 aliphatic carbocycles. The molecule has 0 aliphatic heterocycles. The highest BCUT2D eigenvalue weighted by atomic mass is 35.5. The highest BCUT2D eigenvalue weighted by Gasteiger charge is 2.28. The molecule has 0 aliphatic rings. The Balaban J connectivity index is 1.89. The van der Waals surface area contributed by atoms with Crippen molar-refractivity contribution in [2.24, 2.45) is 0 Å². The molecule has 27 heavy (non-hydrogen) atoms. The summed E-state index contributed by atoms with van der Waals surface area (Å²) < 4.78 is 9.94. The molecule has 2 N–H and O–H groups in total. The van der Waals surface area contributed by atoms with Gasteiger partial charge in [0.25, 0.3) is 0 Å². The largest absolute Gasteiger partial charge is 0.465 e. The summed E-state index contributed by atoms with van der Waals surface area (Å²) in [7, 11) is 1.20. The number of methoxy groups -OCH3 is 1. The van der Waals surface area contributed by atoms with E-state index in [1.807, 2.05) is 17.5 Å². The third-order valence-corrected chi connectivity index (χ3v) is 5.02. The molecular weight excluding hydrogens is 413 g/mol. The van der Waals surface area contributed by atoms with Crippen LogP contribution in [0.1, 0.15) is 15.2 Å². The van der Waals surface area contributed by atoms with E-state index in [0.29, 0.717) is 12.1 Å². The molecule has 3 aromatic rings. The summed E-state index contributed by atoms with van der Waals surface area (Å²) >= 11 is 13.9. The number of benzene rings is 1. The minimum absolute atomic E-state index is 0.0750. The number of halogens is 2. The maximum absolute atomic E-state index is 12.3. The Morgan fingerprint density at radius 1 is 1.22 bits per heavy atom. The predicted molar refractivity (Wildman–Crippen MR) is 103 cm³/mol. The Labute approximate surface area is 168 Å². The third-order valence-electron chi connectivity index (χ3n) is 3.51. The molecule has 0 spiro atoms. The summed E-state index contributed by atoms with van der Waals surface area (Å²) in [5.74, 6) is -0.924. The van der Waals surface area contributed by atoms with Gasteiger partial charge >= 0.3 is 12.0 Å². The van der Waals surface area contributed by atoms with Crippen molar-refractivity contribution in [3.8, 4) is 11.3 Å². The fraction of sp³-hybridized carbons (Fsp3) is 0.118. The van der Waals surface area contributed by atoms with E-state index < -0.39 is 12.0 Å². The third kappa shape index (κ3) is 4.24. The molecule has 0 unspecified atom stereocenters. The van der Waals surface area contributed by atoms with Crippen molar-refractivity contribution in [2.45, 2.75) is 6.54 Å². The molecule has 1 aromatic carbocycles. The van der Waals surface area contributed by atoms with Gasteiger partial charge in [-0.15, -0.1) is 11.3 Å². The van der Waals surface area contributed by atoms with Gasteiger partial charge in [0.15, 0.2) is 5.56 Å². The molecule has 10 heteroatoms. The zero-order valence-corrected chi connectivity index (χ0v) is 16.2. The maximum Gasteiger partial charge on any atom is 0.345 e. The second-order valence-corrected chi connectivity index (χ2v) is 7.06. The highest BCUT2D eigenvalue weighted by molar-refractivity contribution is 7.09. The van der Waals surface area contributed by atoms with Crippen LogP contribution in [0, 0.1) is 0 Å². The van der Waals surface area contributed by atoms with Crippen LogP contribution in [0.15, 0.2) is 40.2 Å². The van der Waals surface area contributed by atoms with E-state index in [2.05, 4.69) is 15.8 Å². The number of hydrogen-bond donors (Lipinski definition) is 2. The van der Waals surface area contributed by atoms with Crippen LogP contribution in [0.3, 0.4) is 0 Å². The lowest BCUT2D eigenvalue weighted by molar-refractivity contribution is 0.0602. The number of carbonyl (C=O) groups excluding carboxylic acids is 2. The molecular formula is C17H13Cl2N3O4S. The number of ether oxygens (including phenoxy) is 1. The number of nitrogens with one attached hydrogen (secondary N) is 2. The van der Waals surface area contributed by atoms with Gasteiger partial charge in [-0.3, -0.25) is 5.32 Å². The lowest BCUT2D eigenvalue weighted by Gasteiger charge is -2.07. The van der Waals surface area contributed by atoms with Crippen molar-refractivity contribution < 1.29 is 18.8 Å². The van der Waals surface area contributed by atoms with E-state index in [-0.39, 0.29) is 27.2 Å². The molecule has 0 fully saturated rings. The van der Waals surface area contributed by atoms with Gasteiger partial charge in [-0.1, -0.05) is 40.5 Å².